The maximum Gasteiger partial charge on any atom is 0.422 e. The molecule has 4 aromatic rings. The molecule has 1 fully saturated rings. The maximum absolute atomic E-state index is 14.0. The molecule has 0 saturated carbocycles. The second kappa shape index (κ2) is 13.9. The first kappa shape index (κ1) is 34.2. The molecule has 1 aliphatic rings. The van der Waals surface area contributed by atoms with Crippen molar-refractivity contribution >= 4 is 28.7 Å². The van der Waals surface area contributed by atoms with Crippen molar-refractivity contribution in [2.45, 2.75) is 44.6 Å². The van der Waals surface area contributed by atoms with Crippen LogP contribution in [-0.2, 0) is 17.4 Å². The van der Waals surface area contributed by atoms with Crippen LogP contribution in [0.15, 0.2) is 65.6 Å². The number of rotatable bonds is 9. The standard InChI is InChI=1S/C32H29F7N4O3S/c1-19(42(17-20-10-13-47-14-11-20)27(44)16-21-4-9-26(33)25(15-21)32(37,38)39)29-41-28-24(3-2-12-40-28)30(45)43(29)22-5-7-23(8-6-22)46-18-31(34,35)36/h2-9,12,15,19-20H,10-11,13-14,16-18H2,1H3. The molecule has 0 N–H and O–H groups in total. The molecule has 5 rings (SSSR count). The third kappa shape index (κ3) is 8.24. The molecular weight excluding hydrogens is 653 g/mol. The average Bonchev–Trinajstić information content (AvgIpc) is 3.03. The third-order valence-corrected chi connectivity index (χ3v) is 8.86. The van der Waals surface area contributed by atoms with Crippen LogP contribution in [0.25, 0.3) is 16.7 Å². The van der Waals surface area contributed by atoms with Crippen molar-refractivity contribution in [3.8, 4) is 11.4 Å². The maximum atomic E-state index is 14.0. The van der Waals surface area contributed by atoms with E-state index in [0.717, 1.165) is 30.4 Å². The van der Waals surface area contributed by atoms with Crippen molar-refractivity contribution in [1.82, 2.24) is 19.4 Å². The van der Waals surface area contributed by atoms with E-state index in [1.807, 2.05) is 0 Å². The number of ether oxygens (including phenoxy) is 1. The Hall–Kier alpha value is -4.14. The fraction of sp³-hybridized carbons (Fsp3) is 0.375. The number of hydrogen-bond donors (Lipinski definition) is 0. The van der Waals surface area contributed by atoms with Crippen molar-refractivity contribution in [2.24, 2.45) is 5.92 Å². The van der Waals surface area contributed by atoms with Crippen molar-refractivity contribution < 1.29 is 40.3 Å². The van der Waals surface area contributed by atoms with Gasteiger partial charge in [0.25, 0.3) is 5.56 Å². The molecule has 15 heteroatoms. The van der Waals surface area contributed by atoms with E-state index in [-0.39, 0.29) is 46.3 Å². The first-order valence-corrected chi connectivity index (χ1v) is 15.8. The molecule has 1 aliphatic heterocycles. The minimum Gasteiger partial charge on any atom is -0.484 e. The van der Waals surface area contributed by atoms with Crippen molar-refractivity contribution in [3.63, 3.8) is 0 Å². The van der Waals surface area contributed by atoms with Gasteiger partial charge in [-0.05, 0) is 91.3 Å². The van der Waals surface area contributed by atoms with E-state index in [1.54, 1.807) is 24.8 Å². The predicted octanol–water partition coefficient (Wildman–Crippen LogP) is 7.16. The monoisotopic (exact) mass is 682 g/mol. The zero-order valence-corrected chi connectivity index (χ0v) is 25.8. The second-order valence-electron chi connectivity index (χ2n) is 11.1. The van der Waals surface area contributed by atoms with Gasteiger partial charge in [-0.3, -0.25) is 14.2 Å². The second-order valence-corrected chi connectivity index (χ2v) is 12.4. The molecule has 1 unspecified atom stereocenters. The highest BCUT2D eigenvalue weighted by Gasteiger charge is 2.35. The smallest absolute Gasteiger partial charge is 0.422 e. The first-order valence-electron chi connectivity index (χ1n) is 14.6. The van der Waals surface area contributed by atoms with Gasteiger partial charge in [-0.1, -0.05) is 6.07 Å². The minimum absolute atomic E-state index is 0.0416. The lowest BCUT2D eigenvalue weighted by molar-refractivity contribution is -0.153. The Morgan fingerprint density at radius 2 is 1.77 bits per heavy atom. The van der Waals surface area contributed by atoms with Crippen molar-refractivity contribution in [2.75, 3.05) is 24.7 Å². The van der Waals surface area contributed by atoms with Gasteiger partial charge in [0.1, 0.15) is 17.4 Å². The lowest BCUT2D eigenvalue weighted by Gasteiger charge is -2.34. The Kier molecular flexibility index (Phi) is 10.1. The molecule has 0 radical (unpaired) electrons. The first-order chi connectivity index (χ1) is 22.2. The van der Waals surface area contributed by atoms with Crippen LogP contribution in [0, 0.1) is 11.7 Å². The van der Waals surface area contributed by atoms with Crippen LogP contribution >= 0.6 is 11.8 Å². The predicted molar refractivity (Wildman–Crippen MR) is 162 cm³/mol. The molecule has 250 valence electrons. The summed E-state index contributed by atoms with van der Waals surface area (Å²) in [6.07, 6.45) is -6.97. The topological polar surface area (TPSA) is 77.3 Å². The highest BCUT2D eigenvalue weighted by molar-refractivity contribution is 7.99. The molecule has 1 atom stereocenters. The summed E-state index contributed by atoms with van der Waals surface area (Å²) in [5.74, 6) is -0.240. The number of nitrogens with zero attached hydrogens (tertiary/aromatic N) is 4. The van der Waals surface area contributed by atoms with Gasteiger partial charge >= 0.3 is 12.4 Å². The summed E-state index contributed by atoms with van der Waals surface area (Å²) in [7, 11) is 0. The number of pyridine rings is 1. The largest absolute Gasteiger partial charge is 0.484 e. The number of hydrogen-bond acceptors (Lipinski definition) is 6. The van der Waals surface area contributed by atoms with E-state index < -0.39 is 54.3 Å². The van der Waals surface area contributed by atoms with Crippen LogP contribution in [0.1, 0.15) is 42.8 Å². The molecule has 2 aromatic carbocycles. The summed E-state index contributed by atoms with van der Waals surface area (Å²) in [6.45, 7) is 0.344. The van der Waals surface area contributed by atoms with E-state index in [4.69, 9.17) is 4.74 Å². The average molecular weight is 683 g/mol. The molecule has 1 saturated heterocycles. The Morgan fingerprint density at radius 3 is 2.43 bits per heavy atom. The van der Waals surface area contributed by atoms with Gasteiger partial charge in [-0.25, -0.2) is 14.4 Å². The molecule has 47 heavy (non-hydrogen) atoms. The molecule has 2 aromatic heterocycles. The van der Waals surface area contributed by atoms with Crippen LogP contribution in [0.4, 0.5) is 30.7 Å². The SMILES string of the molecule is CC(c1nc2ncccc2c(=O)n1-c1ccc(OCC(F)(F)F)cc1)N(CC1CCSCC1)C(=O)Cc1ccc(F)c(C(F)(F)F)c1. The quantitative estimate of drug-likeness (QED) is 0.175. The van der Waals surface area contributed by atoms with E-state index in [0.29, 0.717) is 12.1 Å². The van der Waals surface area contributed by atoms with Gasteiger partial charge in [0, 0.05) is 12.7 Å². The van der Waals surface area contributed by atoms with Gasteiger partial charge < -0.3 is 9.64 Å². The van der Waals surface area contributed by atoms with Gasteiger partial charge in [0.2, 0.25) is 5.91 Å². The van der Waals surface area contributed by atoms with Crippen LogP contribution < -0.4 is 10.3 Å². The summed E-state index contributed by atoms with van der Waals surface area (Å²) in [6, 6.07) is 9.86. The normalized spacial score (nSPS) is 15.1. The molecule has 3 heterocycles. The summed E-state index contributed by atoms with van der Waals surface area (Å²) in [5.41, 5.74) is -1.76. The molecular formula is C32H29F7N4O3S. The van der Waals surface area contributed by atoms with E-state index in [2.05, 4.69) is 9.97 Å². The Labute approximate surface area is 268 Å². The zero-order valence-electron chi connectivity index (χ0n) is 24.9. The van der Waals surface area contributed by atoms with Crippen molar-refractivity contribution in [3.05, 3.63) is 93.9 Å². The molecule has 1 amide bonds. The number of alkyl halides is 6. The number of benzene rings is 2. The zero-order chi connectivity index (χ0) is 33.9. The fourth-order valence-corrected chi connectivity index (χ4v) is 6.62. The summed E-state index contributed by atoms with van der Waals surface area (Å²) < 4.78 is 98.4. The number of carbonyl (C=O) groups is 1. The number of fused-ring (bicyclic) bond motifs is 1. The summed E-state index contributed by atoms with van der Waals surface area (Å²) in [4.78, 5) is 38.1. The molecule has 0 aliphatic carbocycles. The number of amides is 1. The van der Waals surface area contributed by atoms with Gasteiger partial charge in [0.15, 0.2) is 12.3 Å². The lowest BCUT2D eigenvalue weighted by Crippen LogP contribution is -2.41. The number of carbonyl (C=O) groups excluding carboxylic acids is 1. The van der Waals surface area contributed by atoms with Crippen LogP contribution in [0.5, 0.6) is 5.75 Å². The Morgan fingerprint density at radius 1 is 1.06 bits per heavy atom. The number of thioether (sulfide) groups is 1. The lowest BCUT2D eigenvalue weighted by atomic mass is 10.00. The van der Waals surface area contributed by atoms with Crippen LogP contribution in [0.2, 0.25) is 0 Å². The van der Waals surface area contributed by atoms with Gasteiger partial charge in [-0.2, -0.15) is 38.1 Å². The fourth-order valence-electron chi connectivity index (χ4n) is 5.42. The number of halogens is 7. The third-order valence-electron chi connectivity index (χ3n) is 7.82. The van der Waals surface area contributed by atoms with Gasteiger partial charge in [0.05, 0.1) is 29.1 Å². The molecule has 7 nitrogen and oxygen atoms in total. The minimum atomic E-state index is -4.96. The van der Waals surface area contributed by atoms with Crippen LogP contribution in [-0.4, -0.2) is 56.2 Å². The highest BCUT2D eigenvalue weighted by atomic mass is 32.2. The summed E-state index contributed by atoms with van der Waals surface area (Å²) in [5, 5.41) is 0.147. The summed E-state index contributed by atoms with van der Waals surface area (Å²) >= 11 is 1.77. The Bertz CT molecular complexity index is 1790. The van der Waals surface area contributed by atoms with Gasteiger partial charge in [-0.15, -0.1) is 0 Å². The van der Waals surface area contributed by atoms with Crippen LogP contribution in [0.3, 0.4) is 0 Å². The highest BCUT2D eigenvalue weighted by Crippen LogP contribution is 2.33. The molecule has 0 spiro atoms. The van der Waals surface area contributed by atoms with E-state index in [9.17, 15) is 40.3 Å². The van der Waals surface area contributed by atoms with Crippen molar-refractivity contribution in [1.29, 1.82) is 0 Å². The number of aromatic nitrogens is 3. The molecule has 0 bridgehead atoms. The van der Waals surface area contributed by atoms with E-state index >= 15 is 0 Å². The Balaban J connectivity index is 1.56. The van der Waals surface area contributed by atoms with E-state index in [1.165, 1.54) is 46.0 Å².